The molecule has 2 nitrogen and oxygen atoms in total. The third-order valence-electron chi connectivity index (χ3n) is 2.22. The third kappa shape index (κ3) is 63.7. The van der Waals surface area contributed by atoms with Crippen molar-refractivity contribution in [3.63, 3.8) is 0 Å². The van der Waals surface area contributed by atoms with Crippen molar-refractivity contribution in [3.8, 4) is 0 Å². The predicted octanol–water partition coefficient (Wildman–Crippen LogP) is 7.76. The zero-order chi connectivity index (χ0) is 23.1. The Kier molecular flexibility index (Phi) is 38.6. The summed E-state index contributed by atoms with van der Waals surface area (Å²) in [6.45, 7) is 11.1. The topological polar surface area (TPSA) is 47.6 Å². The van der Waals surface area contributed by atoms with E-state index in [1.807, 2.05) is 170 Å². The van der Waals surface area contributed by atoms with Gasteiger partial charge in [0.05, 0.1) is 0 Å². The van der Waals surface area contributed by atoms with Crippen LogP contribution in [0.4, 0.5) is 0 Å². The van der Waals surface area contributed by atoms with Crippen molar-refractivity contribution >= 4 is 0 Å². The Hall–Kier alpha value is 2.47. The molecule has 0 amide bonds. The van der Waals surface area contributed by atoms with Gasteiger partial charge in [-0.1, -0.05) is 41.5 Å². The molecule has 0 atom stereocenters. The second-order valence-corrected chi connectivity index (χ2v) is 8.35. The molecule has 0 aliphatic heterocycles. The zero-order valence-electron chi connectivity index (χ0n) is 20.2. The Bertz CT molecular complexity index is 212. The summed E-state index contributed by atoms with van der Waals surface area (Å²) >= 11 is 0. The summed E-state index contributed by atoms with van der Waals surface area (Å²) in [5, 5.41) is 0. The molecule has 0 saturated heterocycles. The monoisotopic (exact) mass is 732 g/mol. The van der Waals surface area contributed by atoms with Crippen LogP contribution in [0, 0.1) is 205 Å². The number of rotatable bonds is 0. The minimum atomic E-state index is -0.250. The summed E-state index contributed by atoms with van der Waals surface area (Å²) in [4.78, 5) is 0. The van der Waals surface area contributed by atoms with Crippen molar-refractivity contribution in [2.45, 2.75) is 52.6 Å². The molecule has 0 unspecified atom stereocenters. The van der Waals surface area contributed by atoms with Crippen LogP contribution < -0.4 is 0 Å². The molecule has 4 fully saturated rings. The van der Waals surface area contributed by atoms with Gasteiger partial charge in [-0.3, -0.25) is 0 Å². The van der Waals surface area contributed by atoms with E-state index in [1.165, 1.54) is 0 Å². The van der Waals surface area contributed by atoms with E-state index >= 15 is 0 Å². The van der Waals surface area contributed by atoms with Gasteiger partial charge in [-0.25, -0.2) is 0 Å². The summed E-state index contributed by atoms with van der Waals surface area (Å²) in [5.74, 6) is 0. The summed E-state index contributed by atoms with van der Waals surface area (Å²) in [6, 6.07) is 0. The quantitative estimate of drug-likeness (QED) is 0.245. The smallest absolute Gasteiger partial charge is 0.673 e. The van der Waals surface area contributed by atoms with Crippen molar-refractivity contribution in [1.82, 2.24) is 0 Å². The maximum atomic E-state index is 6.94. The third-order valence-corrected chi connectivity index (χ3v) is 2.22. The van der Waals surface area contributed by atoms with Gasteiger partial charge in [0.2, 0.25) is 0 Å². The molecule has 0 aromatic heterocycles. The summed E-state index contributed by atoms with van der Waals surface area (Å²) in [7, 11) is 0. The van der Waals surface area contributed by atoms with Crippen molar-refractivity contribution in [1.29, 1.82) is 0 Å². The van der Waals surface area contributed by atoms with Gasteiger partial charge >= 0.3 is 76.3 Å². The first kappa shape index (κ1) is 41.6. The van der Waals surface area contributed by atoms with E-state index in [1.54, 1.807) is 0 Å². The van der Waals surface area contributed by atoms with Crippen LogP contribution in [-0.2, 0) is 0 Å². The summed E-state index contributed by atoms with van der Waals surface area (Å²) in [5.41, 5.74) is 13.4. The van der Waals surface area contributed by atoms with Gasteiger partial charge in [-0.05, 0) is 128 Å². The van der Waals surface area contributed by atoms with E-state index < -0.39 is 0 Å². The van der Waals surface area contributed by atoms with E-state index in [2.05, 4.69) is 0 Å². The van der Waals surface area contributed by atoms with Crippen LogP contribution in [0.1, 0.15) is 41.5 Å². The van der Waals surface area contributed by atoms with E-state index in [0.29, 0.717) is 0 Å². The second-order valence-electron chi connectivity index (χ2n) is 8.35. The molecular weight excluding hydrogens is 689 g/mol. The SMILES string of the molecule is CC(C)(C)[NH-].CC(C)(C)[NH-].[CH]1[CH][CH][CH][CH]1.[CH]1[CH][CH][CH][CH]1.[CH]1[CH][CH][CH][CH]1.[CH]1[CH][CH][CH][CH]1.[Dy+3].[Dy+3]. The van der Waals surface area contributed by atoms with E-state index in [0.717, 1.165) is 0 Å². The molecule has 2 N–H and O–H groups in total. The Balaban J connectivity index is -0.000000145. The Morgan fingerprint density at radius 1 is 0.281 bits per heavy atom. The molecule has 0 spiro atoms. The fourth-order valence-corrected chi connectivity index (χ4v) is 1.28. The predicted molar refractivity (Wildman–Crippen MR) is 134 cm³/mol. The number of hydrogen-bond donors (Lipinski definition) is 0. The molecule has 0 aromatic rings. The first-order chi connectivity index (χ1) is 14.0. The van der Waals surface area contributed by atoms with Gasteiger partial charge in [-0.15, -0.1) is 11.1 Å². The van der Waals surface area contributed by atoms with E-state index in [-0.39, 0.29) is 87.4 Å². The average Bonchev–Trinajstić information content (AvgIpc) is 3.51. The average molecular weight is 730 g/mol. The first-order valence-electron chi connectivity index (χ1n) is 10.2. The van der Waals surface area contributed by atoms with Gasteiger partial charge in [0, 0.05) is 0 Å². The van der Waals surface area contributed by atoms with Crippen LogP contribution in [0.5, 0.6) is 0 Å². The standard InChI is InChI=1S/4C5H5.2C4H10N.2Dy/c4*1-2-4-5-3-1;2*1-4(2,3)5;;/h4*1-5H;2*5H,1-3H3;;/q;;;;2*-1;2*+3. The number of hydrogen-bond acceptors (Lipinski definition) is 0. The molecule has 4 aliphatic carbocycles. The van der Waals surface area contributed by atoms with Crippen LogP contribution in [0.15, 0.2) is 0 Å². The molecule has 4 aliphatic rings. The Morgan fingerprint density at radius 3 is 0.344 bits per heavy atom. The second kappa shape index (κ2) is 29.7. The van der Waals surface area contributed by atoms with Gasteiger partial charge in [-0.2, -0.15) is 0 Å². The maximum absolute atomic E-state index is 6.94. The van der Waals surface area contributed by atoms with E-state index in [9.17, 15) is 0 Å². The molecule has 4 rings (SSSR count). The normalized spacial score (nSPS) is 18.8. The van der Waals surface area contributed by atoms with Crippen molar-refractivity contribution < 1.29 is 76.3 Å². The van der Waals surface area contributed by atoms with Crippen LogP contribution in [0.2, 0.25) is 0 Å². The fraction of sp³-hybridized carbons (Fsp3) is 0.286. The zero-order valence-corrected chi connectivity index (χ0v) is 24.2. The van der Waals surface area contributed by atoms with Gasteiger partial charge < -0.3 is 11.5 Å². The van der Waals surface area contributed by atoms with Crippen LogP contribution in [-0.4, -0.2) is 11.1 Å². The summed E-state index contributed by atoms with van der Waals surface area (Å²) < 4.78 is 0. The molecule has 4 saturated carbocycles. The molecule has 178 valence electrons. The molecule has 0 bridgehead atoms. The Morgan fingerprint density at radius 2 is 0.312 bits per heavy atom. The molecule has 0 heterocycles. The first-order valence-corrected chi connectivity index (χ1v) is 10.2. The minimum Gasteiger partial charge on any atom is -0.673 e. The molecule has 22 radical (unpaired) electrons. The van der Waals surface area contributed by atoms with Crippen LogP contribution >= 0.6 is 0 Å². The van der Waals surface area contributed by atoms with Crippen molar-refractivity contribution in [3.05, 3.63) is 140 Å². The number of nitrogens with one attached hydrogen (secondary N) is 2. The van der Waals surface area contributed by atoms with Crippen LogP contribution in [0.3, 0.4) is 0 Å². The van der Waals surface area contributed by atoms with Gasteiger partial charge in [0.15, 0.2) is 0 Å². The summed E-state index contributed by atoms with van der Waals surface area (Å²) in [6.07, 6.45) is 40.0. The maximum Gasteiger partial charge on any atom is 3.00 e. The van der Waals surface area contributed by atoms with Crippen molar-refractivity contribution in [2.24, 2.45) is 0 Å². The molecule has 4 heteroatoms. The van der Waals surface area contributed by atoms with Crippen LogP contribution in [0.25, 0.3) is 11.5 Å². The van der Waals surface area contributed by atoms with Gasteiger partial charge in [0.1, 0.15) is 0 Å². The largest absolute Gasteiger partial charge is 3.00 e. The minimum absolute atomic E-state index is 0. The van der Waals surface area contributed by atoms with Crippen molar-refractivity contribution in [2.75, 3.05) is 0 Å². The molecule has 32 heavy (non-hydrogen) atoms. The fourth-order valence-electron chi connectivity index (χ4n) is 1.28. The Labute approximate surface area is 265 Å². The molecule has 0 aromatic carbocycles. The van der Waals surface area contributed by atoms with E-state index in [4.69, 9.17) is 11.5 Å². The molecular formula is C28H40Dy2N2+4. The van der Waals surface area contributed by atoms with Gasteiger partial charge in [0.25, 0.3) is 0 Å².